The average Bonchev–Trinajstić information content (AvgIpc) is 3.06. The van der Waals surface area contributed by atoms with Crippen molar-refractivity contribution in [1.82, 2.24) is 9.55 Å². The summed E-state index contributed by atoms with van der Waals surface area (Å²) in [4.78, 5) is 45.1. The lowest BCUT2D eigenvalue weighted by atomic mass is 10.0. The van der Waals surface area contributed by atoms with Crippen molar-refractivity contribution in [2.75, 3.05) is 6.61 Å². The standard InChI is InChI=1S/C16H26N2O14P2/c1-7-5-18(16(23)17-15(7)22)12-3-9(19)11(30-12)6-28-33(24,25)32-34(26,27)31-13-4-10(20)14(21)8(2)29-13/h5,8-14,19-21H,3-4,6H2,1-2H3,(H,24,25)(H,26,27)(H,17,22,23). The van der Waals surface area contributed by atoms with Crippen LogP contribution in [-0.4, -0.2) is 78.1 Å². The van der Waals surface area contributed by atoms with Crippen molar-refractivity contribution < 1.29 is 57.1 Å². The lowest BCUT2D eigenvalue weighted by Crippen LogP contribution is -2.47. The van der Waals surface area contributed by atoms with E-state index in [-0.39, 0.29) is 12.0 Å². The Hall–Kier alpha value is -1.26. The van der Waals surface area contributed by atoms with Gasteiger partial charge in [0.15, 0.2) is 6.29 Å². The fourth-order valence-corrected chi connectivity index (χ4v) is 5.57. The minimum absolute atomic E-state index is 0.122. The fourth-order valence-electron chi connectivity index (χ4n) is 3.42. The van der Waals surface area contributed by atoms with Crippen molar-refractivity contribution in [1.29, 1.82) is 0 Å². The van der Waals surface area contributed by atoms with E-state index in [1.807, 2.05) is 0 Å². The molecule has 1 aromatic rings. The highest BCUT2D eigenvalue weighted by atomic mass is 31.3. The van der Waals surface area contributed by atoms with Gasteiger partial charge in [-0.1, -0.05) is 0 Å². The molecule has 2 fully saturated rings. The number of aromatic amines is 1. The number of aliphatic hydroxyl groups excluding tert-OH is 3. The quantitative estimate of drug-likeness (QED) is 0.211. The largest absolute Gasteiger partial charge is 0.483 e. The molecule has 194 valence electrons. The number of ether oxygens (including phenoxy) is 2. The summed E-state index contributed by atoms with van der Waals surface area (Å²) in [7, 11) is -10.5. The van der Waals surface area contributed by atoms with Crippen LogP contribution in [0, 0.1) is 6.92 Å². The van der Waals surface area contributed by atoms with Gasteiger partial charge in [-0.25, -0.2) is 13.9 Å². The summed E-state index contributed by atoms with van der Waals surface area (Å²) >= 11 is 0. The Morgan fingerprint density at radius 3 is 2.44 bits per heavy atom. The van der Waals surface area contributed by atoms with Gasteiger partial charge in [0, 0.05) is 24.6 Å². The van der Waals surface area contributed by atoms with E-state index in [2.05, 4.69) is 18.3 Å². The number of phosphoric ester groups is 2. The molecule has 3 rings (SSSR count). The maximum absolute atomic E-state index is 12.1. The number of aryl methyl sites for hydroxylation is 1. The molecule has 3 heterocycles. The molecule has 2 aliphatic heterocycles. The van der Waals surface area contributed by atoms with Gasteiger partial charge < -0.3 is 34.6 Å². The molecule has 34 heavy (non-hydrogen) atoms. The second kappa shape index (κ2) is 10.4. The van der Waals surface area contributed by atoms with Crippen LogP contribution in [-0.2, 0) is 32.0 Å². The van der Waals surface area contributed by atoms with Crippen LogP contribution in [0.1, 0.15) is 31.6 Å². The van der Waals surface area contributed by atoms with Crippen LogP contribution >= 0.6 is 15.6 Å². The average molecular weight is 532 g/mol. The molecule has 18 heteroatoms. The van der Waals surface area contributed by atoms with E-state index in [1.165, 1.54) is 20.0 Å². The Morgan fingerprint density at radius 1 is 1.12 bits per heavy atom. The Morgan fingerprint density at radius 2 is 1.79 bits per heavy atom. The van der Waals surface area contributed by atoms with Crippen molar-refractivity contribution in [3.63, 3.8) is 0 Å². The van der Waals surface area contributed by atoms with E-state index in [9.17, 15) is 43.8 Å². The minimum Gasteiger partial charge on any atom is -0.390 e. The SMILES string of the molecule is Cc1cn(C2CC(O)C(COP(=O)(O)OP(=O)(O)OC3CC(O)C(O)C(C)O3)O2)c(=O)[nH]c1=O. The number of nitrogens with zero attached hydrogens (tertiary/aromatic N) is 1. The third-order valence-corrected chi connectivity index (χ3v) is 7.82. The maximum atomic E-state index is 12.1. The van der Waals surface area contributed by atoms with Crippen molar-refractivity contribution >= 4 is 15.6 Å². The molecule has 9 unspecified atom stereocenters. The Balaban J connectivity index is 1.56. The second-order valence-corrected chi connectivity index (χ2v) is 10.9. The van der Waals surface area contributed by atoms with Crippen molar-refractivity contribution in [3.05, 3.63) is 32.6 Å². The zero-order valence-electron chi connectivity index (χ0n) is 18.0. The Kier molecular flexibility index (Phi) is 8.35. The highest BCUT2D eigenvalue weighted by molar-refractivity contribution is 7.61. The summed E-state index contributed by atoms with van der Waals surface area (Å²) in [5.41, 5.74) is -1.17. The van der Waals surface area contributed by atoms with Crippen molar-refractivity contribution in [2.45, 2.75) is 69.7 Å². The third kappa shape index (κ3) is 6.69. The molecule has 6 N–H and O–H groups in total. The van der Waals surface area contributed by atoms with Crippen molar-refractivity contribution in [2.24, 2.45) is 0 Å². The van der Waals surface area contributed by atoms with E-state index in [4.69, 9.17) is 9.47 Å². The van der Waals surface area contributed by atoms with E-state index >= 15 is 0 Å². The second-order valence-electron chi connectivity index (χ2n) is 7.90. The molecule has 0 spiro atoms. The van der Waals surface area contributed by atoms with Crippen LogP contribution in [0.4, 0.5) is 0 Å². The summed E-state index contributed by atoms with van der Waals surface area (Å²) in [5.74, 6) is 0. The smallest absolute Gasteiger partial charge is 0.390 e. The monoisotopic (exact) mass is 532 g/mol. The van der Waals surface area contributed by atoms with Gasteiger partial charge in [-0.2, -0.15) is 4.31 Å². The van der Waals surface area contributed by atoms with Crippen molar-refractivity contribution in [3.8, 4) is 0 Å². The molecular formula is C16H26N2O14P2. The lowest BCUT2D eigenvalue weighted by Gasteiger charge is -2.35. The van der Waals surface area contributed by atoms with Gasteiger partial charge in [0.1, 0.15) is 18.4 Å². The molecule has 1 aromatic heterocycles. The molecule has 2 saturated heterocycles. The zero-order valence-corrected chi connectivity index (χ0v) is 19.8. The maximum Gasteiger partial charge on any atom is 0.483 e. The molecule has 0 aliphatic carbocycles. The number of rotatable bonds is 8. The Bertz CT molecular complexity index is 1080. The molecule has 0 radical (unpaired) electrons. The molecular weight excluding hydrogens is 506 g/mol. The summed E-state index contributed by atoms with van der Waals surface area (Å²) < 4.78 is 49.3. The number of nitrogens with one attached hydrogen (secondary N) is 1. The van der Waals surface area contributed by atoms with Gasteiger partial charge in [0.25, 0.3) is 5.56 Å². The first-order valence-electron chi connectivity index (χ1n) is 10.0. The van der Waals surface area contributed by atoms with Gasteiger partial charge in [-0.3, -0.25) is 23.4 Å². The van der Waals surface area contributed by atoms with E-state index < -0.39 is 83.0 Å². The van der Waals surface area contributed by atoms with E-state index in [1.54, 1.807) is 0 Å². The minimum atomic E-state index is -5.25. The van der Waals surface area contributed by atoms with Gasteiger partial charge in [-0.05, 0) is 13.8 Å². The molecule has 9 atom stereocenters. The zero-order chi connectivity index (χ0) is 25.4. The summed E-state index contributed by atoms with van der Waals surface area (Å²) in [6, 6.07) is 0. The predicted octanol–water partition coefficient (Wildman–Crippen LogP) is -1.40. The molecule has 2 aliphatic rings. The Labute approximate surface area is 191 Å². The number of phosphoric acid groups is 2. The normalized spacial score (nSPS) is 35.6. The first-order chi connectivity index (χ1) is 15.7. The lowest BCUT2D eigenvalue weighted by molar-refractivity contribution is -0.220. The van der Waals surface area contributed by atoms with Crippen LogP contribution in [0.15, 0.2) is 15.8 Å². The molecule has 0 amide bonds. The van der Waals surface area contributed by atoms with Gasteiger partial charge in [0.05, 0.1) is 24.9 Å². The third-order valence-electron chi connectivity index (χ3n) is 5.19. The van der Waals surface area contributed by atoms with E-state index in [0.717, 1.165) is 4.57 Å². The first-order valence-corrected chi connectivity index (χ1v) is 13.0. The highest BCUT2D eigenvalue weighted by Crippen LogP contribution is 2.61. The van der Waals surface area contributed by atoms with Gasteiger partial charge in [0.2, 0.25) is 0 Å². The van der Waals surface area contributed by atoms with Crippen LogP contribution in [0.2, 0.25) is 0 Å². The van der Waals surface area contributed by atoms with Crippen LogP contribution in [0.5, 0.6) is 0 Å². The van der Waals surface area contributed by atoms with E-state index in [0.29, 0.717) is 0 Å². The van der Waals surface area contributed by atoms with Gasteiger partial charge >= 0.3 is 21.3 Å². The summed E-state index contributed by atoms with van der Waals surface area (Å²) in [5, 5.41) is 29.5. The number of H-pyrrole nitrogens is 1. The number of hydrogen-bond acceptors (Lipinski definition) is 12. The fraction of sp³-hybridized carbons (Fsp3) is 0.750. The molecule has 0 saturated carbocycles. The molecule has 0 aromatic carbocycles. The molecule has 16 nitrogen and oxygen atoms in total. The topological polar surface area (TPSA) is 236 Å². The molecule has 0 bridgehead atoms. The predicted molar refractivity (Wildman–Crippen MR) is 109 cm³/mol. The van der Waals surface area contributed by atoms with Gasteiger partial charge in [-0.15, -0.1) is 0 Å². The van der Waals surface area contributed by atoms with Crippen LogP contribution in [0.25, 0.3) is 0 Å². The van der Waals surface area contributed by atoms with Crippen LogP contribution < -0.4 is 11.2 Å². The number of aliphatic hydroxyl groups is 3. The number of hydrogen-bond donors (Lipinski definition) is 6. The first kappa shape index (κ1) is 27.3. The van der Waals surface area contributed by atoms with Crippen LogP contribution in [0.3, 0.4) is 0 Å². The summed E-state index contributed by atoms with van der Waals surface area (Å²) in [6.45, 7) is 2.05. The summed E-state index contributed by atoms with van der Waals surface area (Å²) in [6.07, 6.45) is -7.90. The highest BCUT2D eigenvalue weighted by Gasteiger charge is 2.43. The number of aromatic nitrogens is 2.